The van der Waals surface area contributed by atoms with Crippen LogP contribution in [0.1, 0.15) is 50.5 Å². The minimum absolute atomic E-state index is 0.222. The Hall–Kier alpha value is -3.51. The van der Waals surface area contributed by atoms with Crippen LogP contribution in [0.15, 0.2) is 48.7 Å². The van der Waals surface area contributed by atoms with E-state index in [1.54, 1.807) is 19.2 Å². The van der Waals surface area contributed by atoms with Crippen LogP contribution in [0.25, 0.3) is 32.8 Å². The van der Waals surface area contributed by atoms with Crippen molar-refractivity contribution in [2.24, 2.45) is 0 Å². The van der Waals surface area contributed by atoms with Crippen molar-refractivity contribution < 1.29 is 23.4 Å². The topological polar surface area (TPSA) is 57.7 Å². The summed E-state index contributed by atoms with van der Waals surface area (Å²) in [6.45, 7) is 10.2. The summed E-state index contributed by atoms with van der Waals surface area (Å²) >= 11 is 0. The van der Waals surface area contributed by atoms with Crippen molar-refractivity contribution in [3.8, 4) is 16.9 Å². The third-order valence-corrected chi connectivity index (χ3v) is 6.42. The predicted molar refractivity (Wildman–Crippen MR) is 139 cm³/mol. The molecule has 5 nitrogen and oxygen atoms in total. The number of hydrogen-bond acceptors (Lipinski definition) is 5. The molecule has 0 amide bonds. The molecular weight excluding hydrogens is 457 g/mol. The van der Waals surface area contributed by atoms with Gasteiger partial charge in [0.25, 0.3) is 0 Å². The van der Waals surface area contributed by atoms with E-state index in [0.717, 1.165) is 45.1 Å². The minimum Gasteiger partial charge on any atom is -0.493 e. The Morgan fingerprint density at radius 1 is 1.17 bits per heavy atom. The summed E-state index contributed by atoms with van der Waals surface area (Å²) in [5.74, 6) is -0.0609. The molecule has 0 bridgehead atoms. The Morgan fingerprint density at radius 2 is 1.97 bits per heavy atom. The number of aromatic nitrogens is 1. The Balaban J connectivity index is 1.90. The van der Waals surface area contributed by atoms with Crippen molar-refractivity contribution in [2.75, 3.05) is 13.2 Å². The molecular formula is C30H30FNO4. The van der Waals surface area contributed by atoms with Crippen molar-refractivity contribution >= 4 is 27.6 Å². The van der Waals surface area contributed by atoms with Crippen LogP contribution in [0.2, 0.25) is 0 Å². The third-order valence-electron chi connectivity index (χ3n) is 6.42. The molecule has 36 heavy (non-hydrogen) atoms. The van der Waals surface area contributed by atoms with E-state index in [4.69, 9.17) is 19.2 Å². The van der Waals surface area contributed by atoms with Crippen LogP contribution < -0.4 is 4.74 Å². The lowest BCUT2D eigenvalue weighted by molar-refractivity contribution is -0.166. The van der Waals surface area contributed by atoms with E-state index < -0.39 is 17.7 Å². The Morgan fingerprint density at radius 3 is 2.72 bits per heavy atom. The Bertz CT molecular complexity index is 1480. The van der Waals surface area contributed by atoms with Crippen LogP contribution >= 0.6 is 0 Å². The van der Waals surface area contributed by atoms with E-state index in [-0.39, 0.29) is 12.4 Å². The van der Waals surface area contributed by atoms with Gasteiger partial charge >= 0.3 is 5.97 Å². The molecule has 0 saturated heterocycles. The van der Waals surface area contributed by atoms with E-state index >= 15 is 0 Å². The van der Waals surface area contributed by atoms with Gasteiger partial charge in [-0.15, -0.1) is 0 Å². The number of fused-ring (bicyclic) bond motifs is 1. The van der Waals surface area contributed by atoms with Crippen molar-refractivity contribution in [1.82, 2.24) is 4.98 Å². The lowest BCUT2D eigenvalue weighted by Gasteiger charge is -2.30. The number of ether oxygens (including phenoxy) is 3. The first-order valence-corrected chi connectivity index (χ1v) is 12.3. The lowest BCUT2D eigenvalue weighted by Crippen LogP contribution is -2.29. The molecule has 1 unspecified atom stereocenters. The summed E-state index contributed by atoms with van der Waals surface area (Å²) in [5.41, 5.74) is 4.28. The first-order valence-electron chi connectivity index (χ1n) is 12.3. The van der Waals surface area contributed by atoms with Crippen LogP contribution in [0.4, 0.5) is 4.39 Å². The number of benzene rings is 3. The quantitative estimate of drug-likeness (QED) is 0.288. The average Bonchev–Trinajstić information content (AvgIpc) is 2.83. The summed E-state index contributed by atoms with van der Waals surface area (Å²) in [4.78, 5) is 18.1. The van der Waals surface area contributed by atoms with Crippen molar-refractivity contribution in [2.45, 2.75) is 52.7 Å². The van der Waals surface area contributed by atoms with Crippen molar-refractivity contribution in [1.29, 1.82) is 0 Å². The number of carbonyl (C=O) groups excluding carboxylic acids is 1. The number of hydrogen-bond donors (Lipinski definition) is 0. The van der Waals surface area contributed by atoms with Gasteiger partial charge in [-0.05, 0) is 92.4 Å². The molecule has 3 aromatic carbocycles. The molecule has 0 radical (unpaired) electrons. The number of esters is 1. The average molecular weight is 488 g/mol. The number of nitrogens with zero attached hydrogens (tertiary/aromatic N) is 1. The maximum absolute atomic E-state index is 14.7. The van der Waals surface area contributed by atoms with E-state index in [1.807, 2.05) is 52.0 Å². The van der Waals surface area contributed by atoms with Crippen LogP contribution in [0.3, 0.4) is 0 Å². The summed E-state index contributed by atoms with van der Waals surface area (Å²) in [6.07, 6.45) is 1.57. The number of rotatable bonds is 5. The molecule has 0 aliphatic carbocycles. The molecule has 1 atom stereocenters. The Labute approximate surface area is 210 Å². The van der Waals surface area contributed by atoms with Gasteiger partial charge in [-0.1, -0.05) is 12.1 Å². The molecule has 0 spiro atoms. The zero-order valence-corrected chi connectivity index (χ0v) is 21.3. The molecule has 0 N–H and O–H groups in total. The highest BCUT2D eigenvalue weighted by molar-refractivity contribution is 6.08. The molecule has 2 heterocycles. The Kier molecular flexibility index (Phi) is 6.17. The zero-order chi connectivity index (χ0) is 25.6. The summed E-state index contributed by atoms with van der Waals surface area (Å²) < 4.78 is 32.4. The minimum atomic E-state index is -1.00. The first kappa shape index (κ1) is 24.2. The number of halogens is 1. The van der Waals surface area contributed by atoms with Gasteiger partial charge in [0.2, 0.25) is 0 Å². The van der Waals surface area contributed by atoms with Gasteiger partial charge in [0, 0.05) is 29.1 Å². The fraction of sp³-hybridized carbons (Fsp3) is 0.333. The highest BCUT2D eigenvalue weighted by Gasteiger charge is 2.33. The monoisotopic (exact) mass is 487 g/mol. The molecule has 1 aliphatic heterocycles. The normalized spacial score (nSPS) is 14.1. The van der Waals surface area contributed by atoms with Gasteiger partial charge in [-0.2, -0.15) is 0 Å². The zero-order valence-electron chi connectivity index (χ0n) is 21.3. The molecule has 6 heteroatoms. The second kappa shape index (κ2) is 9.17. The maximum Gasteiger partial charge on any atom is 0.339 e. The van der Waals surface area contributed by atoms with E-state index in [2.05, 4.69) is 0 Å². The van der Waals surface area contributed by atoms with E-state index in [0.29, 0.717) is 23.1 Å². The van der Waals surface area contributed by atoms with Crippen molar-refractivity contribution in [3.63, 3.8) is 0 Å². The summed E-state index contributed by atoms with van der Waals surface area (Å²) in [7, 11) is 0. The molecule has 1 aliphatic rings. The molecule has 5 rings (SSSR count). The lowest BCUT2D eigenvalue weighted by atomic mass is 9.85. The molecule has 186 valence electrons. The molecule has 0 fully saturated rings. The number of carbonyl (C=O) groups is 1. The van der Waals surface area contributed by atoms with Gasteiger partial charge in [0.05, 0.1) is 24.3 Å². The number of pyridine rings is 1. The van der Waals surface area contributed by atoms with Crippen LogP contribution in [0.5, 0.6) is 5.75 Å². The number of aryl methyl sites for hydroxylation is 1. The SMILES string of the molecule is CCOC(=O)C(OC(C)(C)C)c1c(C)cc2ccc(F)cc2c1-c1ccc2c3c(ccnc13)CCO2. The largest absolute Gasteiger partial charge is 0.493 e. The van der Waals surface area contributed by atoms with E-state index in [9.17, 15) is 9.18 Å². The highest BCUT2D eigenvalue weighted by Crippen LogP contribution is 2.45. The smallest absolute Gasteiger partial charge is 0.339 e. The predicted octanol–water partition coefficient (Wildman–Crippen LogP) is 6.86. The van der Waals surface area contributed by atoms with Gasteiger partial charge in [-0.25, -0.2) is 9.18 Å². The summed E-state index contributed by atoms with van der Waals surface area (Å²) in [5, 5.41) is 2.49. The van der Waals surface area contributed by atoms with Gasteiger partial charge < -0.3 is 14.2 Å². The van der Waals surface area contributed by atoms with E-state index in [1.165, 1.54) is 12.1 Å². The van der Waals surface area contributed by atoms with Crippen molar-refractivity contribution in [3.05, 3.63) is 71.2 Å². The third kappa shape index (κ3) is 4.30. The van der Waals surface area contributed by atoms with Crippen LogP contribution in [-0.4, -0.2) is 29.8 Å². The highest BCUT2D eigenvalue weighted by atomic mass is 19.1. The summed E-state index contributed by atoms with van der Waals surface area (Å²) in [6, 6.07) is 12.6. The molecule has 1 aromatic heterocycles. The van der Waals surface area contributed by atoms with Gasteiger partial charge in [-0.3, -0.25) is 4.98 Å². The standard InChI is InChI=1S/C30H30FNO4/c1-6-34-29(33)28(36-30(3,4)5)24-17(2)15-19-7-8-20(31)16-22(19)26(24)21-9-10-23-25-18(12-14-35-23)11-13-32-27(21)25/h7-11,13,15-16,28H,6,12,14H2,1-5H3. The molecule has 4 aromatic rings. The first-order chi connectivity index (χ1) is 17.2. The molecule has 0 saturated carbocycles. The fourth-order valence-electron chi connectivity index (χ4n) is 5.05. The van der Waals surface area contributed by atoms with Crippen LogP contribution in [0, 0.1) is 12.7 Å². The van der Waals surface area contributed by atoms with Gasteiger partial charge in [0.1, 0.15) is 11.6 Å². The van der Waals surface area contributed by atoms with Crippen LogP contribution in [-0.2, 0) is 20.7 Å². The second-order valence-electron chi connectivity index (χ2n) is 10.1. The second-order valence-corrected chi connectivity index (χ2v) is 10.1. The van der Waals surface area contributed by atoms with Gasteiger partial charge in [0.15, 0.2) is 6.10 Å². The maximum atomic E-state index is 14.7. The fourth-order valence-corrected chi connectivity index (χ4v) is 5.05.